The van der Waals surface area contributed by atoms with Gasteiger partial charge in [-0.05, 0) is 35.2 Å². The summed E-state index contributed by atoms with van der Waals surface area (Å²) in [4.78, 5) is 0. The molecule has 5 nitrogen and oxygen atoms in total. The third-order valence-corrected chi connectivity index (χ3v) is 4.65. The zero-order valence-corrected chi connectivity index (χ0v) is 14.9. The molecule has 3 rings (SSSR count). The molecule has 136 valence electrons. The number of benzene rings is 2. The standard InChI is InChI=1S/C21H24N2O3/c1-25-19-9-8-15(12-20(19)26-11-5-4-10-22)14-23-21-17-7-3-2-6-16(17)13-18(21)24/h2-3,6-9,12,18,21,23-24H,4-5,11,13-14H2,1H3/t18-,21+/m0/s1. The Morgan fingerprint density at radius 1 is 1.23 bits per heavy atom. The van der Waals surface area contributed by atoms with Crippen LogP contribution < -0.4 is 14.8 Å². The molecule has 0 saturated carbocycles. The highest BCUT2D eigenvalue weighted by Gasteiger charge is 2.30. The number of fused-ring (bicyclic) bond motifs is 1. The van der Waals surface area contributed by atoms with Crippen molar-refractivity contribution in [3.05, 3.63) is 59.2 Å². The van der Waals surface area contributed by atoms with Crippen LogP contribution in [0.1, 0.15) is 35.6 Å². The van der Waals surface area contributed by atoms with E-state index in [1.165, 1.54) is 11.1 Å². The van der Waals surface area contributed by atoms with Crippen molar-refractivity contribution in [2.24, 2.45) is 0 Å². The molecule has 0 spiro atoms. The lowest BCUT2D eigenvalue weighted by Gasteiger charge is -2.19. The van der Waals surface area contributed by atoms with Crippen molar-refractivity contribution in [1.82, 2.24) is 5.32 Å². The molecule has 2 aromatic carbocycles. The molecule has 2 N–H and O–H groups in total. The fourth-order valence-corrected chi connectivity index (χ4v) is 3.32. The third-order valence-electron chi connectivity index (χ3n) is 4.65. The van der Waals surface area contributed by atoms with E-state index < -0.39 is 6.10 Å². The van der Waals surface area contributed by atoms with Crippen molar-refractivity contribution in [3.8, 4) is 17.6 Å². The minimum absolute atomic E-state index is 0.0618. The summed E-state index contributed by atoms with van der Waals surface area (Å²) in [6.45, 7) is 1.10. The molecule has 0 saturated heterocycles. The molecule has 26 heavy (non-hydrogen) atoms. The summed E-state index contributed by atoms with van der Waals surface area (Å²) >= 11 is 0. The number of nitrogens with one attached hydrogen (secondary N) is 1. The summed E-state index contributed by atoms with van der Waals surface area (Å²) in [5.74, 6) is 1.36. The lowest BCUT2D eigenvalue weighted by Crippen LogP contribution is -2.28. The van der Waals surface area contributed by atoms with E-state index in [1.807, 2.05) is 30.3 Å². The number of aliphatic hydroxyl groups is 1. The van der Waals surface area contributed by atoms with Gasteiger partial charge in [0.1, 0.15) is 0 Å². The molecule has 0 fully saturated rings. The highest BCUT2D eigenvalue weighted by atomic mass is 16.5. The maximum atomic E-state index is 10.4. The van der Waals surface area contributed by atoms with Crippen molar-refractivity contribution in [1.29, 1.82) is 5.26 Å². The van der Waals surface area contributed by atoms with Gasteiger partial charge in [-0.25, -0.2) is 0 Å². The molecule has 1 aliphatic rings. The van der Waals surface area contributed by atoms with Gasteiger partial charge < -0.3 is 19.9 Å². The lowest BCUT2D eigenvalue weighted by molar-refractivity contribution is 0.140. The average Bonchev–Trinajstić information content (AvgIpc) is 2.98. The van der Waals surface area contributed by atoms with Crippen molar-refractivity contribution in [2.45, 2.75) is 38.0 Å². The molecule has 5 heteroatoms. The number of hydrogen-bond acceptors (Lipinski definition) is 5. The normalized spacial score (nSPS) is 18.2. The molecule has 0 aliphatic heterocycles. The first-order valence-electron chi connectivity index (χ1n) is 8.89. The highest BCUT2D eigenvalue weighted by molar-refractivity contribution is 5.43. The molecular formula is C21H24N2O3. The topological polar surface area (TPSA) is 74.5 Å². The Morgan fingerprint density at radius 2 is 2.08 bits per heavy atom. The van der Waals surface area contributed by atoms with Gasteiger partial charge in [0, 0.05) is 19.4 Å². The number of aliphatic hydroxyl groups excluding tert-OH is 1. The Labute approximate surface area is 154 Å². The predicted octanol–water partition coefficient (Wildman–Crippen LogP) is 3.13. The lowest BCUT2D eigenvalue weighted by atomic mass is 10.1. The number of hydrogen-bond donors (Lipinski definition) is 2. The molecule has 0 unspecified atom stereocenters. The van der Waals surface area contributed by atoms with Crippen molar-refractivity contribution < 1.29 is 14.6 Å². The maximum Gasteiger partial charge on any atom is 0.161 e. The van der Waals surface area contributed by atoms with Crippen LogP contribution in [0.4, 0.5) is 0 Å². The van der Waals surface area contributed by atoms with Crippen LogP contribution in [0, 0.1) is 11.3 Å². The van der Waals surface area contributed by atoms with Gasteiger partial charge in [-0.1, -0.05) is 30.3 Å². The number of nitriles is 1. The summed E-state index contributed by atoms with van der Waals surface area (Å²) in [5.41, 5.74) is 3.42. The second-order valence-corrected chi connectivity index (χ2v) is 6.42. The number of nitrogens with zero attached hydrogens (tertiary/aromatic N) is 1. The largest absolute Gasteiger partial charge is 0.493 e. The predicted molar refractivity (Wildman–Crippen MR) is 99.1 cm³/mol. The molecule has 1 aliphatic carbocycles. The van der Waals surface area contributed by atoms with Gasteiger partial charge in [-0.3, -0.25) is 0 Å². The molecule has 0 heterocycles. The van der Waals surface area contributed by atoms with E-state index in [-0.39, 0.29) is 6.04 Å². The van der Waals surface area contributed by atoms with Gasteiger partial charge in [0.25, 0.3) is 0 Å². The van der Waals surface area contributed by atoms with Gasteiger partial charge in [-0.2, -0.15) is 5.26 Å². The van der Waals surface area contributed by atoms with Crippen LogP contribution in [0.2, 0.25) is 0 Å². The number of unbranched alkanes of at least 4 members (excludes halogenated alkanes) is 1. The minimum Gasteiger partial charge on any atom is -0.493 e. The second kappa shape index (κ2) is 8.70. The Morgan fingerprint density at radius 3 is 2.88 bits per heavy atom. The van der Waals surface area contributed by atoms with E-state index in [2.05, 4.69) is 23.5 Å². The zero-order chi connectivity index (χ0) is 18.4. The number of rotatable bonds is 8. The van der Waals surface area contributed by atoms with Crippen LogP contribution in [0.25, 0.3) is 0 Å². The van der Waals surface area contributed by atoms with Gasteiger partial charge in [0.05, 0.1) is 31.9 Å². The molecule has 0 amide bonds. The van der Waals surface area contributed by atoms with Crippen LogP contribution >= 0.6 is 0 Å². The first-order valence-corrected chi connectivity index (χ1v) is 8.89. The van der Waals surface area contributed by atoms with Crippen molar-refractivity contribution in [2.75, 3.05) is 13.7 Å². The van der Waals surface area contributed by atoms with Crippen LogP contribution in [0.3, 0.4) is 0 Å². The molecular weight excluding hydrogens is 328 g/mol. The van der Waals surface area contributed by atoms with Crippen LogP contribution in [-0.4, -0.2) is 24.9 Å². The van der Waals surface area contributed by atoms with E-state index in [9.17, 15) is 5.11 Å². The van der Waals surface area contributed by atoms with Gasteiger partial charge in [-0.15, -0.1) is 0 Å². The van der Waals surface area contributed by atoms with Crippen molar-refractivity contribution >= 4 is 0 Å². The fraction of sp³-hybridized carbons (Fsp3) is 0.381. The SMILES string of the molecule is COc1ccc(CN[C@@H]2c3ccccc3C[C@@H]2O)cc1OCCCC#N. The Hall–Kier alpha value is -2.55. The van der Waals surface area contributed by atoms with E-state index in [4.69, 9.17) is 14.7 Å². The molecule has 0 bridgehead atoms. The first kappa shape index (κ1) is 18.2. The van der Waals surface area contributed by atoms with Gasteiger partial charge in [0.15, 0.2) is 11.5 Å². The summed E-state index contributed by atoms with van der Waals surface area (Å²) in [6, 6.07) is 16.0. The fourth-order valence-electron chi connectivity index (χ4n) is 3.32. The quantitative estimate of drug-likeness (QED) is 0.714. The van der Waals surface area contributed by atoms with E-state index in [0.717, 1.165) is 5.56 Å². The minimum atomic E-state index is -0.410. The molecule has 2 aromatic rings. The Kier molecular flexibility index (Phi) is 6.11. The van der Waals surface area contributed by atoms with Crippen LogP contribution in [0.5, 0.6) is 11.5 Å². The summed E-state index contributed by atoms with van der Waals surface area (Å²) in [5, 5.41) is 22.4. The van der Waals surface area contributed by atoms with E-state index in [0.29, 0.717) is 43.9 Å². The highest BCUT2D eigenvalue weighted by Crippen LogP contribution is 2.32. The summed E-state index contributed by atoms with van der Waals surface area (Å²) < 4.78 is 11.1. The number of methoxy groups -OCH3 is 1. The zero-order valence-electron chi connectivity index (χ0n) is 14.9. The van der Waals surface area contributed by atoms with Crippen molar-refractivity contribution in [3.63, 3.8) is 0 Å². The first-order chi connectivity index (χ1) is 12.7. The molecule has 0 radical (unpaired) electrons. The van der Waals surface area contributed by atoms with Crippen LogP contribution in [-0.2, 0) is 13.0 Å². The maximum absolute atomic E-state index is 10.4. The summed E-state index contributed by atoms with van der Waals surface area (Å²) in [6.07, 6.45) is 1.44. The van der Waals surface area contributed by atoms with E-state index >= 15 is 0 Å². The van der Waals surface area contributed by atoms with Crippen LogP contribution in [0.15, 0.2) is 42.5 Å². The summed E-state index contributed by atoms with van der Waals surface area (Å²) in [7, 11) is 1.61. The monoisotopic (exact) mass is 352 g/mol. The number of ether oxygens (including phenoxy) is 2. The Bertz CT molecular complexity index is 785. The molecule has 0 aromatic heterocycles. The average molecular weight is 352 g/mol. The Balaban J connectivity index is 1.65. The molecule has 2 atom stereocenters. The van der Waals surface area contributed by atoms with Gasteiger partial charge in [0.2, 0.25) is 0 Å². The van der Waals surface area contributed by atoms with E-state index in [1.54, 1.807) is 7.11 Å². The third kappa shape index (κ3) is 4.16. The second-order valence-electron chi connectivity index (χ2n) is 6.42. The van der Waals surface area contributed by atoms with Gasteiger partial charge >= 0.3 is 0 Å². The smallest absolute Gasteiger partial charge is 0.161 e.